The summed E-state index contributed by atoms with van der Waals surface area (Å²) in [6.45, 7) is 7.95. The molecule has 1 aromatic carbocycles. The highest BCUT2D eigenvalue weighted by Gasteiger charge is 2.24. The molecule has 0 aliphatic carbocycles. The Bertz CT molecular complexity index is 1010. The molecule has 3 rings (SSSR count). The van der Waals surface area contributed by atoms with Crippen molar-refractivity contribution in [1.29, 1.82) is 0 Å². The lowest BCUT2D eigenvalue weighted by molar-refractivity contribution is 0.507. The van der Waals surface area contributed by atoms with E-state index in [-0.39, 0.29) is 35.2 Å². The summed E-state index contributed by atoms with van der Waals surface area (Å²) in [4.78, 5) is 13.1. The van der Waals surface area contributed by atoms with Gasteiger partial charge in [0.1, 0.15) is 18.0 Å². The third-order valence-electron chi connectivity index (χ3n) is 4.70. The Morgan fingerprint density at radius 3 is 2.68 bits per heavy atom. The third kappa shape index (κ3) is 6.90. The molecule has 0 bridgehead atoms. The van der Waals surface area contributed by atoms with Crippen molar-refractivity contribution in [2.45, 2.75) is 32.7 Å². The molecule has 0 amide bonds. The number of guanidine groups is 1. The van der Waals surface area contributed by atoms with Gasteiger partial charge in [0, 0.05) is 42.1 Å². The molecule has 0 saturated carbocycles. The minimum Gasteiger partial charge on any atom is -0.357 e. The van der Waals surface area contributed by atoms with Gasteiger partial charge in [-0.15, -0.1) is 24.0 Å². The number of nitrogens with zero attached hydrogens (tertiary/aromatic N) is 4. The van der Waals surface area contributed by atoms with Gasteiger partial charge in [0.05, 0.1) is 6.54 Å². The molecule has 0 spiro atoms. The van der Waals surface area contributed by atoms with Crippen molar-refractivity contribution < 1.29 is 4.39 Å². The maximum atomic E-state index is 13.4. The average Bonchev–Trinajstić information content (AvgIpc) is 3.25. The molecule has 2 N–H and O–H groups in total. The highest BCUT2D eigenvalue weighted by molar-refractivity contribution is 14.0. The molecule has 0 aliphatic rings. The molecule has 3 aromatic rings. The maximum absolute atomic E-state index is 13.4. The largest absolute Gasteiger partial charge is 0.357 e. The molecule has 6 nitrogen and oxygen atoms in total. The minimum absolute atomic E-state index is 0. The fourth-order valence-corrected chi connectivity index (χ4v) is 3.47. The Kier molecular flexibility index (Phi) is 9.24. The maximum Gasteiger partial charge on any atom is 0.191 e. The molecule has 166 valence electrons. The average molecular weight is 557 g/mol. The number of aromatic nitrogens is 3. The van der Waals surface area contributed by atoms with Gasteiger partial charge in [-0.1, -0.05) is 31.5 Å². The molecule has 31 heavy (non-hydrogen) atoms. The first-order valence-corrected chi connectivity index (χ1v) is 10.2. The van der Waals surface area contributed by atoms with Crippen LogP contribution >= 0.6 is 35.6 Å². The number of nitrogens with one attached hydrogen (secondary N) is 2. The Balaban J connectivity index is 0.00000341. The topological polar surface area (TPSA) is 67.1 Å². The summed E-state index contributed by atoms with van der Waals surface area (Å²) in [5.74, 6) is 1.16. The summed E-state index contributed by atoms with van der Waals surface area (Å²) in [5, 5.41) is 7.05. The summed E-state index contributed by atoms with van der Waals surface area (Å²) in [6, 6.07) is 8.44. The summed E-state index contributed by atoms with van der Waals surface area (Å²) in [7, 11) is 0. The monoisotopic (exact) mass is 556 g/mol. The van der Waals surface area contributed by atoms with Crippen molar-refractivity contribution in [3.63, 3.8) is 0 Å². The van der Waals surface area contributed by atoms with E-state index in [2.05, 4.69) is 39.4 Å². The van der Waals surface area contributed by atoms with Crippen LogP contribution in [0.15, 0.2) is 60.2 Å². The normalized spacial score (nSPS) is 11.7. The van der Waals surface area contributed by atoms with Crippen molar-refractivity contribution >= 4 is 41.5 Å². The molecule has 2 aromatic heterocycles. The predicted octanol–water partition coefficient (Wildman–Crippen LogP) is 4.71. The zero-order valence-corrected chi connectivity index (χ0v) is 20.9. The first-order valence-electron chi connectivity index (χ1n) is 9.80. The van der Waals surface area contributed by atoms with Gasteiger partial charge in [0.25, 0.3) is 0 Å². The first kappa shape index (κ1) is 25.1. The van der Waals surface area contributed by atoms with Crippen LogP contribution in [0.25, 0.3) is 5.82 Å². The Morgan fingerprint density at radius 1 is 1.19 bits per heavy atom. The van der Waals surface area contributed by atoms with Gasteiger partial charge in [0.15, 0.2) is 5.96 Å². The first-order chi connectivity index (χ1) is 14.4. The highest BCUT2D eigenvalue weighted by atomic mass is 127. The predicted molar refractivity (Wildman–Crippen MR) is 134 cm³/mol. The fraction of sp³-hybridized carbons (Fsp3) is 0.318. The third-order valence-corrected chi connectivity index (χ3v) is 5.01. The van der Waals surface area contributed by atoms with Crippen LogP contribution in [-0.4, -0.2) is 33.6 Å². The highest BCUT2D eigenvalue weighted by Crippen LogP contribution is 2.29. The molecule has 0 aliphatic heterocycles. The van der Waals surface area contributed by atoms with Crippen LogP contribution in [0.2, 0.25) is 5.02 Å². The number of imidazole rings is 1. The summed E-state index contributed by atoms with van der Waals surface area (Å²) < 4.78 is 15.2. The molecule has 0 unspecified atom stereocenters. The van der Waals surface area contributed by atoms with Crippen LogP contribution < -0.4 is 10.6 Å². The molecule has 0 atom stereocenters. The van der Waals surface area contributed by atoms with Gasteiger partial charge in [0.2, 0.25) is 0 Å². The van der Waals surface area contributed by atoms with Crippen molar-refractivity contribution in [2.75, 3.05) is 13.1 Å². The number of halogens is 3. The lowest BCUT2D eigenvalue weighted by Gasteiger charge is -2.27. The molecular weight excluding hydrogens is 530 g/mol. The summed E-state index contributed by atoms with van der Waals surface area (Å²) in [6.07, 6.45) is 7.04. The van der Waals surface area contributed by atoms with Crippen LogP contribution in [0, 0.1) is 5.82 Å². The molecule has 9 heteroatoms. The van der Waals surface area contributed by atoms with E-state index in [1.807, 2.05) is 29.8 Å². The van der Waals surface area contributed by atoms with Gasteiger partial charge in [-0.05, 0) is 42.3 Å². The number of rotatable bonds is 7. The van der Waals surface area contributed by atoms with E-state index in [4.69, 9.17) is 11.6 Å². The summed E-state index contributed by atoms with van der Waals surface area (Å²) >= 11 is 6.26. The Hall–Kier alpha value is -2.20. The van der Waals surface area contributed by atoms with E-state index in [0.717, 1.165) is 23.5 Å². The second kappa shape index (κ2) is 11.4. The van der Waals surface area contributed by atoms with Crippen LogP contribution in [-0.2, 0) is 12.0 Å². The molecule has 2 heterocycles. The van der Waals surface area contributed by atoms with E-state index in [0.29, 0.717) is 24.1 Å². The van der Waals surface area contributed by atoms with Crippen molar-refractivity contribution in [3.05, 3.63) is 77.2 Å². The number of hydrogen-bond acceptors (Lipinski definition) is 3. The smallest absolute Gasteiger partial charge is 0.191 e. The Morgan fingerprint density at radius 2 is 2.00 bits per heavy atom. The van der Waals surface area contributed by atoms with Crippen LogP contribution in [0.4, 0.5) is 4.39 Å². The number of aliphatic imine (C=N–C) groups is 1. The van der Waals surface area contributed by atoms with Gasteiger partial charge >= 0.3 is 0 Å². The van der Waals surface area contributed by atoms with E-state index in [9.17, 15) is 4.39 Å². The van der Waals surface area contributed by atoms with E-state index < -0.39 is 0 Å². The van der Waals surface area contributed by atoms with Crippen molar-refractivity contribution in [3.8, 4) is 5.82 Å². The molecular formula is C22H27ClFIN6. The quantitative estimate of drug-likeness (QED) is 0.251. The zero-order chi connectivity index (χ0) is 21.6. The second-order valence-corrected chi connectivity index (χ2v) is 7.96. The minimum atomic E-state index is -0.338. The van der Waals surface area contributed by atoms with Crippen LogP contribution in [0.1, 0.15) is 31.9 Å². The van der Waals surface area contributed by atoms with Crippen LogP contribution in [0.3, 0.4) is 0 Å². The lowest BCUT2D eigenvalue weighted by atomic mass is 9.84. The van der Waals surface area contributed by atoms with E-state index >= 15 is 0 Å². The molecule has 0 fully saturated rings. The second-order valence-electron chi connectivity index (χ2n) is 7.55. The molecule has 0 saturated heterocycles. The summed E-state index contributed by atoms with van der Waals surface area (Å²) in [5.41, 5.74) is 1.60. The Labute approximate surface area is 204 Å². The standard InChI is InChI=1S/C22H26ClFN6.HI/c1-4-26-21(29-14-22(2,3)18-6-5-17(24)12-19(18)23)28-13-16-7-8-27-20(11-16)30-10-9-25-15-30;/h5-12,15H,4,13-14H2,1-3H3,(H2,26,28,29);1H. The SMILES string of the molecule is CCNC(=NCc1ccnc(-n2ccnc2)c1)NCC(C)(C)c1ccc(F)cc1Cl.I. The number of hydrogen-bond donors (Lipinski definition) is 2. The van der Waals surface area contributed by atoms with Gasteiger partial charge in [-0.3, -0.25) is 4.57 Å². The fourth-order valence-electron chi connectivity index (χ4n) is 3.05. The van der Waals surface area contributed by atoms with Crippen molar-refractivity contribution in [2.24, 2.45) is 4.99 Å². The van der Waals surface area contributed by atoms with E-state index in [1.165, 1.54) is 12.1 Å². The van der Waals surface area contributed by atoms with E-state index in [1.54, 1.807) is 24.8 Å². The van der Waals surface area contributed by atoms with Gasteiger partial charge in [-0.2, -0.15) is 0 Å². The van der Waals surface area contributed by atoms with Gasteiger partial charge < -0.3 is 10.6 Å². The zero-order valence-electron chi connectivity index (χ0n) is 17.8. The molecule has 0 radical (unpaired) electrons. The number of benzene rings is 1. The van der Waals surface area contributed by atoms with Crippen molar-refractivity contribution in [1.82, 2.24) is 25.2 Å². The van der Waals surface area contributed by atoms with Crippen LogP contribution in [0.5, 0.6) is 0 Å². The lowest BCUT2D eigenvalue weighted by Crippen LogP contribution is -2.43. The number of pyridine rings is 1. The van der Waals surface area contributed by atoms with Gasteiger partial charge in [-0.25, -0.2) is 19.4 Å².